The predicted octanol–water partition coefficient (Wildman–Crippen LogP) is 4.50. The van der Waals surface area contributed by atoms with Gasteiger partial charge in [-0.25, -0.2) is 4.98 Å². The predicted molar refractivity (Wildman–Crippen MR) is 94.3 cm³/mol. The summed E-state index contributed by atoms with van der Waals surface area (Å²) in [4.78, 5) is 16.7. The van der Waals surface area contributed by atoms with Crippen LogP contribution < -0.4 is 5.32 Å². The summed E-state index contributed by atoms with van der Waals surface area (Å²) >= 11 is 7.56. The number of hydrogen-bond donors (Lipinski definition) is 1. The fraction of sp³-hybridized carbons (Fsp3) is 0.235. The molecule has 0 aliphatic carbocycles. The van der Waals surface area contributed by atoms with E-state index in [1.54, 1.807) is 29.5 Å². The van der Waals surface area contributed by atoms with Crippen LogP contribution in [0.3, 0.4) is 0 Å². The van der Waals surface area contributed by atoms with Crippen LogP contribution >= 0.6 is 22.9 Å². The Morgan fingerprint density at radius 3 is 2.92 bits per heavy atom. The number of rotatable bonds is 5. The van der Waals surface area contributed by atoms with Crippen molar-refractivity contribution in [2.24, 2.45) is 0 Å². The highest BCUT2D eigenvalue weighted by molar-refractivity contribution is 7.09. The monoisotopic (exact) mass is 361 g/mol. The zero-order valence-corrected chi connectivity index (χ0v) is 14.8. The molecular weight excluding hydrogens is 346 g/mol. The molecule has 0 atom stereocenters. The summed E-state index contributed by atoms with van der Waals surface area (Å²) < 4.78 is 5.23. The number of halogens is 1. The number of nitrogens with zero attached hydrogens (tertiary/aromatic N) is 2. The first-order valence-electron chi connectivity index (χ1n) is 7.48. The molecule has 3 aromatic rings. The molecule has 3 rings (SSSR count). The molecule has 0 spiro atoms. The van der Waals surface area contributed by atoms with Crippen LogP contribution in [0.1, 0.15) is 41.0 Å². The molecule has 1 N–H and O–H groups in total. The minimum absolute atomic E-state index is 0.226. The van der Waals surface area contributed by atoms with Gasteiger partial charge in [-0.3, -0.25) is 4.79 Å². The van der Waals surface area contributed by atoms with Gasteiger partial charge in [-0.05, 0) is 12.1 Å². The zero-order chi connectivity index (χ0) is 17.1. The molecular formula is C17H16ClN3O2S. The van der Waals surface area contributed by atoms with Crippen LogP contribution in [0, 0.1) is 0 Å². The smallest absolute Gasteiger partial charge is 0.273 e. The van der Waals surface area contributed by atoms with E-state index >= 15 is 0 Å². The van der Waals surface area contributed by atoms with Crippen LogP contribution in [0.4, 0.5) is 0 Å². The number of hydrogen-bond acceptors (Lipinski definition) is 5. The minimum Gasteiger partial charge on any atom is -0.355 e. The topological polar surface area (TPSA) is 68.0 Å². The lowest BCUT2D eigenvalue weighted by Gasteiger charge is -2.00. The molecule has 0 saturated heterocycles. The van der Waals surface area contributed by atoms with Gasteiger partial charge in [-0.15, -0.1) is 11.3 Å². The van der Waals surface area contributed by atoms with Crippen molar-refractivity contribution in [1.82, 2.24) is 15.5 Å². The Morgan fingerprint density at radius 1 is 1.38 bits per heavy atom. The third-order valence-corrected chi connectivity index (χ3v) is 4.77. The van der Waals surface area contributed by atoms with Gasteiger partial charge in [0, 0.05) is 28.0 Å². The molecule has 0 fully saturated rings. The van der Waals surface area contributed by atoms with E-state index in [0.29, 0.717) is 23.2 Å². The maximum Gasteiger partial charge on any atom is 0.273 e. The second-order valence-electron chi connectivity index (χ2n) is 5.60. The number of nitrogens with one attached hydrogen (secondary N) is 1. The van der Waals surface area contributed by atoms with E-state index < -0.39 is 0 Å². The molecule has 1 amide bonds. The fourth-order valence-electron chi connectivity index (χ4n) is 2.09. The summed E-state index contributed by atoms with van der Waals surface area (Å²) in [5.41, 5.74) is 1.84. The third-order valence-electron chi connectivity index (χ3n) is 3.35. The lowest BCUT2D eigenvalue weighted by atomic mass is 10.1. The van der Waals surface area contributed by atoms with E-state index in [1.165, 1.54) is 0 Å². The third kappa shape index (κ3) is 3.83. The molecule has 7 heteroatoms. The van der Waals surface area contributed by atoms with E-state index in [0.717, 1.165) is 16.3 Å². The summed E-state index contributed by atoms with van der Waals surface area (Å²) in [6, 6.07) is 8.79. The molecule has 0 aliphatic rings. The van der Waals surface area contributed by atoms with Crippen LogP contribution in [0.5, 0.6) is 0 Å². The van der Waals surface area contributed by atoms with Crippen LogP contribution in [0.15, 0.2) is 40.2 Å². The van der Waals surface area contributed by atoms with Gasteiger partial charge < -0.3 is 9.84 Å². The van der Waals surface area contributed by atoms with E-state index in [-0.39, 0.29) is 11.6 Å². The summed E-state index contributed by atoms with van der Waals surface area (Å²) in [5, 5.41) is 10.2. The SMILES string of the molecule is CC(C)c1nc(CNC(=O)c2cc(-c3cccc(Cl)c3)on2)cs1. The summed E-state index contributed by atoms with van der Waals surface area (Å²) in [6.45, 7) is 4.54. The summed E-state index contributed by atoms with van der Waals surface area (Å²) in [7, 11) is 0. The molecule has 5 nitrogen and oxygen atoms in total. The average Bonchev–Trinajstić information content (AvgIpc) is 3.22. The summed E-state index contributed by atoms with van der Waals surface area (Å²) in [6.07, 6.45) is 0. The van der Waals surface area contributed by atoms with Crippen molar-refractivity contribution >= 4 is 28.8 Å². The largest absolute Gasteiger partial charge is 0.355 e. The van der Waals surface area contributed by atoms with Crippen molar-refractivity contribution in [3.63, 3.8) is 0 Å². The molecule has 0 saturated carbocycles. The average molecular weight is 362 g/mol. The van der Waals surface area contributed by atoms with Crippen LogP contribution in [0.25, 0.3) is 11.3 Å². The van der Waals surface area contributed by atoms with Crippen molar-refractivity contribution in [3.8, 4) is 11.3 Å². The molecule has 1 aromatic carbocycles. The van der Waals surface area contributed by atoms with Gasteiger partial charge in [0.15, 0.2) is 11.5 Å². The van der Waals surface area contributed by atoms with Gasteiger partial charge in [0.25, 0.3) is 5.91 Å². The highest BCUT2D eigenvalue weighted by Gasteiger charge is 2.14. The van der Waals surface area contributed by atoms with Crippen LogP contribution in [-0.4, -0.2) is 16.0 Å². The highest BCUT2D eigenvalue weighted by atomic mass is 35.5. The zero-order valence-electron chi connectivity index (χ0n) is 13.2. The van der Waals surface area contributed by atoms with Crippen LogP contribution in [0.2, 0.25) is 5.02 Å². The standard InChI is InChI=1S/C17H16ClN3O2S/c1-10(2)17-20-13(9-24-17)8-19-16(22)14-7-15(23-21-14)11-4-3-5-12(18)6-11/h3-7,9-10H,8H2,1-2H3,(H,19,22). The maximum absolute atomic E-state index is 12.2. The van der Waals surface area contributed by atoms with Crippen molar-refractivity contribution < 1.29 is 9.32 Å². The van der Waals surface area contributed by atoms with Crippen molar-refractivity contribution in [2.75, 3.05) is 0 Å². The normalized spacial score (nSPS) is 11.0. The molecule has 0 aliphatic heterocycles. The van der Waals surface area contributed by atoms with Gasteiger partial charge in [0.1, 0.15) is 0 Å². The Hall–Kier alpha value is -2.18. The molecule has 0 bridgehead atoms. The first-order chi connectivity index (χ1) is 11.5. The molecule has 2 heterocycles. The van der Waals surface area contributed by atoms with Gasteiger partial charge in [0.05, 0.1) is 17.2 Å². The van der Waals surface area contributed by atoms with E-state index in [2.05, 4.69) is 29.3 Å². The minimum atomic E-state index is -0.300. The molecule has 24 heavy (non-hydrogen) atoms. The number of amides is 1. The Labute approximate surface area is 148 Å². The Morgan fingerprint density at radius 2 is 2.21 bits per heavy atom. The number of aromatic nitrogens is 2. The van der Waals surface area contributed by atoms with Gasteiger partial charge in [0.2, 0.25) is 0 Å². The second-order valence-corrected chi connectivity index (χ2v) is 6.93. The fourth-order valence-corrected chi connectivity index (χ4v) is 3.12. The van der Waals surface area contributed by atoms with E-state index in [1.807, 2.05) is 17.5 Å². The van der Waals surface area contributed by atoms with Gasteiger partial charge >= 0.3 is 0 Å². The van der Waals surface area contributed by atoms with Gasteiger partial charge in [-0.1, -0.05) is 42.7 Å². The number of thiazole rings is 1. The van der Waals surface area contributed by atoms with E-state index in [9.17, 15) is 4.79 Å². The highest BCUT2D eigenvalue weighted by Crippen LogP contribution is 2.23. The van der Waals surface area contributed by atoms with Crippen molar-refractivity contribution in [2.45, 2.75) is 26.3 Å². The lowest BCUT2D eigenvalue weighted by molar-refractivity contribution is 0.0941. The quantitative estimate of drug-likeness (QED) is 0.726. The Balaban J connectivity index is 1.65. The molecule has 0 radical (unpaired) electrons. The van der Waals surface area contributed by atoms with Crippen LogP contribution in [-0.2, 0) is 6.54 Å². The maximum atomic E-state index is 12.2. The Bertz CT molecular complexity index is 857. The number of carbonyl (C=O) groups is 1. The van der Waals surface area contributed by atoms with Gasteiger partial charge in [-0.2, -0.15) is 0 Å². The molecule has 124 valence electrons. The molecule has 0 unspecified atom stereocenters. The molecule has 2 aromatic heterocycles. The lowest BCUT2D eigenvalue weighted by Crippen LogP contribution is -2.23. The Kier molecular flexibility index (Phi) is 4.97. The van der Waals surface area contributed by atoms with Crippen molar-refractivity contribution in [3.05, 3.63) is 57.1 Å². The number of carbonyl (C=O) groups excluding carboxylic acids is 1. The number of benzene rings is 1. The summed E-state index contributed by atoms with van der Waals surface area (Å²) in [5.74, 6) is 0.583. The van der Waals surface area contributed by atoms with E-state index in [4.69, 9.17) is 16.1 Å². The first-order valence-corrected chi connectivity index (χ1v) is 8.74. The van der Waals surface area contributed by atoms with Crippen molar-refractivity contribution in [1.29, 1.82) is 0 Å². The second kappa shape index (κ2) is 7.15. The first kappa shape index (κ1) is 16.7.